The zero-order chi connectivity index (χ0) is 15.4. The van der Waals surface area contributed by atoms with Gasteiger partial charge >= 0.3 is 0 Å². The van der Waals surface area contributed by atoms with Gasteiger partial charge in [-0.05, 0) is 31.9 Å². The smallest absolute Gasteiger partial charge is 0.228 e. The molecule has 2 amide bonds. The van der Waals surface area contributed by atoms with Gasteiger partial charge in [0.1, 0.15) is 0 Å². The molecule has 2 N–H and O–H groups in total. The van der Waals surface area contributed by atoms with Crippen LogP contribution in [0, 0.1) is 25.7 Å². The zero-order valence-corrected chi connectivity index (χ0v) is 12.7. The number of anilines is 1. The molecule has 1 aromatic carbocycles. The zero-order valence-electron chi connectivity index (χ0n) is 12.7. The van der Waals surface area contributed by atoms with Crippen LogP contribution in [0.4, 0.5) is 5.69 Å². The molecule has 0 aromatic heterocycles. The van der Waals surface area contributed by atoms with Gasteiger partial charge in [0.2, 0.25) is 11.8 Å². The maximum atomic E-state index is 12.1. The number of hydrogen-bond donors (Lipinski definition) is 2. The Balaban J connectivity index is 1.84. The highest BCUT2D eigenvalue weighted by Gasteiger charge is 2.47. The summed E-state index contributed by atoms with van der Waals surface area (Å²) in [4.78, 5) is 24.0. The van der Waals surface area contributed by atoms with E-state index in [1.54, 1.807) is 7.11 Å². The van der Waals surface area contributed by atoms with Gasteiger partial charge < -0.3 is 15.4 Å². The molecule has 1 fully saturated rings. The van der Waals surface area contributed by atoms with Crippen molar-refractivity contribution < 1.29 is 14.3 Å². The fraction of sp³-hybridized carbons (Fsp3) is 0.500. The van der Waals surface area contributed by atoms with Crippen molar-refractivity contribution in [2.45, 2.75) is 20.3 Å². The van der Waals surface area contributed by atoms with Crippen molar-refractivity contribution in [2.75, 3.05) is 25.6 Å². The minimum Gasteiger partial charge on any atom is -0.383 e. The highest BCUT2D eigenvalue weighted by Crippen LogP contribution is 2.39. The van der Waals surface area contributed by atoms with E-state index in [4.69, 9.17) is 4.74 Å². The minimum atomic E-state index is -0.215. The predicted octanol–water partition coefficient (Wildman–Crippen LogP) is 1.64. The first-order valence-corrected chi connectivity index (χ1v) is 7.17. The molecule has 2 atom stereocenters. The Morgan fingerprint density at radius 3 is 2.62 bits per heavy atom. The quantitative estimate of drug-likeness (QED) is 0.783. The van der Waals surface area contributed by atoms with Crippen LogP contribution in [0.1, 0.15) is 17.5 Å². The summed E-state index contributed by atoms with van der Waals surface area (Å²) < 4.78 is 4.87. The van der Waals surface area contributed by atoms with Gasteiger partial charge in [-0.25, -0.2) is 0 Å². The van der Waals surface area contributed by atoms with E-state index in [1.165, 1.54) is 0 Å². The van der Waals surface area contributed by atoms with Gasteiger partial charge in [0, 0.05) is 19.3 Å². The van der Waals surface area contributed by atoms with Crippen LogP contribution in [-0.4, -0.2) is 32.1 Å². The average molecular weight is 290 g/mol. The molecular formula is C16H22N2O3. The van der Waals surface area contributed by atoms with Gasteiger partial charge in [-0.15, -0.1) is 0 Å². The number of ether oxygens (including phenoxy) is 1. The Hall–Kier alpha value is -1.88. The van der Waals surface area contributed by atoms with E-state index >= 15 is 0 Å². The normalized spacial score (nSPS) is 20.0. The molecule has 0 bridgehead atoms. The van der Waals surface area contributed by atoms with E-state index in [2.05, 4.69) is 10.6 Å². The number of nitrogens with one attached hydrogen (secondary N) is 2. The lowest BCUT2D eigenvalue weighted by atomic mass is 10.1. The Kier molecular flexibility index (Phi) is 4.96. The van der Waals surface area contributed by atoms with E-state index in [-0.39, 0.29) is 23.7 Å². The Bertz CT molecular complexity index is 542. The van der Waals surface area contributed by atoms with Crippen LogP contribution in [0.3, 0.4) is 0 Å². The number of methoxy groups -OCH3 is 1. The third kappa shape index (κ3) is 4.04. The molecule has 0 saturated heterocycles. The first-order valence-electron chi connectivity index (χ1n) is 7.17. The summed E-state index contributed by atoms with van der Waals surface area (Å²) in [6.07, 6.45) is 0.621. The highest BCUT2D eigenvalue weighted by atomic mass is 16.5. The lowest BCUT2D eigenvalue weighted by Crippen LogP contribution is -2.30. The van der Waals surface area contributed by atoms with Gasteiger partial charge in [0.05, 0.1) is 18.4 Å². The Morgan fingerprint density at radius 1 is 1.24 bits per heavy atom. The van der Waals surface area contributed by atoms with E-state index in [9.17, 15) is 9.59 Å². The topological polar surface area (TPSA) is 67.4 Å². The van der Waals surface area contributed by atoms with Crippen LogP contribution in [-0.2, 0) is 14.3 Å². The molecule has 5 nitrogen and oxygen atoms in total. The largest absolute Gasteiger partial charge is 0.383 e. The van der Waals surface area contributed by atoms with Crippen molar-refractivity contribution in [2.24, 2.45) is 11.8 Å². The van der Waals surface area contributed by atoms with Gasteiger partial charge in [-0.1, -0.05) is 17.7 Å². The molecule has 1 saturated carbocycles. The first kappa shape index (κ1) is 15.5. The van der Waals surface area contributed by atoms with Crippen LogP contribution in [0.2, 0.25) is 0 Å². The van der Waals surface area contributed by atoms with E-state index < -0.39 is 0 Å². The summed E-state index contributed by atoms with van der Waals surface area (Å²) in [5.74, 6) is -0.553. The lowest BCUT2D eigenvalue weighted by Gasteiger charge is -2.09. The second-order valence-electron chi connectivity index (χ2n) is 5.54. The van der Waals surface area contributed by atoms with Crippen LogP contribution in [0.5, 0.6) is 0 Å². The van der Waals surface area contributed by atoms with Crippen molar-refractivity contribution in [3.63, 3.8) is 0 Å². The van der Waals surface area contributed by atoms with E-state index in [1.807, 2.05) is 32.0 Å². The molecule has 21 heavy (non-hydrogen) atoms. The van der Waals surface area contributed by atoms with Gasteiger partial charge in [-0.2, -0.15) is 0 Å². The second-order valence-corrected chi connectivity index (χ2v) is 5.54. The molecule has 0 radical (unpaired) electrons. The molecule has 1 aromatic rings. The fourth-order valence-electron chi connectivity index (χ4n) is 2.36. The lowest BCUT2D eigenvalue weighted by molar-refractivity contribution is -0.125. The second kappa shape index (κ2) is 6.72. The van der Waals surface area contributed by atoms with Crippen LogP contribution >= 0.6 is 0 Å². The van der Waals surface area contributed by atoms with Crippen LogP contribution in [0.15, 0.2) is 18.2 Å². The monoisotopic (exact) mass is 290 g/mol. The number of carbonyl (C=O) groups is 2. The standard InChI is InChI=1S/C16H22N2O3/c1-10-4-5-14(11(2)8-10)18-16(20)13-9-12(13)15(19)17-6-7-21-3/h4-5,8,12-13H,6-7,9H2,1-3H3,(H,17,19)(H,18,20). The van der Waals surface area contributed by atoms with Crippen molar-refractivity contribution in [3.05, 3.63) is 29.3 Å². The predicted molar refractivity (Wildman–Crippen MR) is 81.0 cm³/mol. The Labute approximate surface area is 125 Å². The van der Waals surface area contributed by atoms with Crippen molar-refractivity contribution >= 4 is 17.5 Å². The van der Waals surface area contributed by atoms with Gasteiger partial charge in [0.25, 0.3) is 0 Å². The highest BCUT2D eigenvalue weighted by molar-refractivity contribution is 5.99. The van der Waals surface area contributed by atoms with E-state index in [0.29, 0.717) is 19.6 Å². The molecule has 0 aliphatic heterocycles. The average Bonchev–Trinajstić information content (AvgIpc) is 3.22. The number of aryl methyl sites for hydroxylation is 2. The van der Waals surface area contributed by atoms with Gasteiger partial charge in [-0.3, -0.25) is 9.59 Å². The Morgan fingerprint density at radius 2 is 1.95 bits per heavy atom. The molecule has 114 valence electrons. The van der Waals surface area contributed by atoms with Crippen LogP contribution < -0.4 is 10.6 Å². The maximum Gasteiger partial charge on any atom is 0.228 e. The molecule has 5 heteroatoms. The van der Waals surface area contributed by atoms with Crippen molar-refractivity contribution in [1.82, 2.24) is 5.32 Å². The number of hydrogen-bond acceptors (Lipinski definition) is 3. The number of carbonyl (C=O) groups excluding carboxylic acids is 2. The molecular weight excluding hydrogens is 268 g/mol. The summed E-state index contributed by atoms with van der Waals surface area (Å²) in [7, 11) is 1.59. The van der Waals surface area contributed by atoms with E-state index in [0.717, 1.165) is 16.8 Å². The summed E-state index contributed by atoms with van der Waals surface area (Å²) in [6, 6.07) is 5.89. The van der Waals surface area contributed by atoms with Crippen molar-refractivity contribution in [1.29, 1.82) is 0 Å². The molecule has 2 rings (SSSR count). The molecule has 0 spiro atoms. The molecule has 1 aliphatic carbocycles. The maximum absolute atomic E-state index is 12.1. The van der Waals surface area contributed by atoms with Crippen molar-refractivity contribution in [3.8, 4) is 0 Å². The first-order chi connectivity index (χ1) is 10.0. The molecule has 0 heterocycles. The third-order valence-corrected chi connectivity index (χ3v) is 3.71. The number of amides is 2. The summed E-state index contributed by atoms with van der Waals surface area (Å²) in [5.41, 5.74) is 3.01. The minimum absolute atomic E-state index is 0.0622. The van der Waals surface area contributed by atoms with Crippen LogP contribution in [0.25, 0.3) is 0 Å². The van der Waals surface area contributed by atoms with Gasteiger partial charge in [0.15, 0.2) is 0 Å². The summed E-state index contributed by atoms with van der Waals surface area (Å²) >= 11 is 0. The SMILES string of the molecule is COCCNC(=O)C1CC1C(=O)Nc1ccc(C)cc1C. The number of benzene rings is 1. The third-order valence-electron chi connectivity index (χ3n) is 3.71. The molecule has 1 aliphatic rings. The summed E-state index contributed by atoms with van der Waals surface area (Å²) in [5, 5.41) is 5.68. The summed E-state index contributed by atoms with van der Waals surface area (Å²) in [6.45, 7) is 4.94. The fourth-order valence-corrected chi connectivity index (χ4v) is 2.36. The molecule has 2 unspecified atom stereocenters. The number of rotatable bonds is 6.